The van der Waals surface area contributed by atoms with Crippen LogP contribution in [-0.2, 0) is 21.6 Å². The van der Waals surface area contributed by atoms with Crippen LogP contribution in [0.4, 0.5) is 14.9 Å². The summed E-state index contributed by atoms with van der Waals surface area (Å²) < 4.78 is 19.8. The van der Waals surface area contributed by atoms with Crippen molar-refractivity contribution in [3.8, 4) is 0 Å². The average molecular weight is 621 g/mol. The number of carbonyl (C=O) groups excluding carboxylic acids is 2. The summed E-state index contributed by atoms with van der Waals surface area (Å²) in [5.41, 5.74) is 2.37. The van der Waals surface area contributed by atoms with E-state index in [-0.39, 0.29) is 30.2 Å². The molecule has 2 aliphatic heterocycles. The number of piperidine rings is 1. The van der Waals surface area contributed by atoms with Gasteiger partial charge >= 0.3 is 6.09 Å². The molecule has 2 aliphatic rings. The van der Waals surface area contributed by atoms with E-state index in [0.29, 0.717) is 60.2 Å². The van der Waals surface area contributed by atoms with Crippen LogP contribution in [0.2, 0.25) is 10.0 Å². The van der Waals surface area contributed by atoms with Crippen LogP contribution in [0, 0.1) is 5.82 Å². The summed E-state index contributed by atoms with van der Waals surface area (Å²) in [6, 6.07) is 19.7. The lowest BCUT2D eigenvalue weighted by Gasteiger charge is -2.44. The highest BCUT2D eigenvalue weighted by atomic mass is 35.5. The molecule has 2 atom stereocenters. The van der Waals surface area contributed by atoms with Gasteiger partial charge in [-0.25, -0.2) is 9.18 Å². The van der Waals surface area contributed by atoms with Crippen LogP contribution in [0.25, 0.3) is 0 Å². The lowest BCUT2D eigenvalue weighted by atomic mass is 9.82. The van der Waals surface area contributed by atoms with Gasteiger partial charge in [0, 0.05) is 37.5 Å². The first kappa shape index (κ1) is 31.1. The number of nitrogens with one attached hydrogen (secondary N) is 2. The molecule has 5 rings (SSSR count). The number of fused-ring (bicyclic) bond motifs is 2. The summed E-state index contributed by atoms with van der Waals surface area (Å²) in [4.78, 5) is 28.1. The Morgan fingerprint density at radius 3 is 2.51 bits per heavy atom. The van der Waals surface area contributed by atoms with Gasteiger partial charge in [0.15, 0.2) is 0 Å². The molecular weight excluding hydrogens is 588 g/mol. The lowest BCUT2D eigenvalue weighted by molar-refractivity contribution is -0.123. The van der Waals surface area contributed by atoms with Crippen LogP contribution in [-0.4, -0.2) is 42.6 Å². The number of halogens is 4. The Labute approximate surface area is 255 Å². The highest BCUT2D eigenvalue weighted by Gasteiger charge is 2.44. The van der Waals surface area contributed by atoms with Gasteiger partial charge in [0.25, 0.3) is 0 Å². The second kappa shape index (κ2) is 13.4. The zero-order chi connectivity index (χ0) is 28.3. The van der Waals surface area contributed by atoms with Gasteiger partial charge in [-0.1, -0.05) is 59.6 Å². The molecule has 2 heterocycles. The topological polar surface area (TPSA) is 70.7 Å². The van der Waals surface area contributed by atoms with Crippen LogP contribution in [0.1, 0.15) is 48.8 Å². The van der Waals surface area contributed by atoms with Gasteiger partial charge < -0.3 is 15.0 Å². The van der Waals surface area contributed by atoms with Crippen molar-refractivity contribution in [2.45, 2.75) is 50.2 Å². The number of likely N-dealkylation sites (tertiary alicyclic amines) is 1. The third-order valence-corrected chi connectivity index (χ3v) is 8.57. The van der Waals surface area contributed by atoms with Crippen LogP contribution in [0.3, 0.4) is 0 Å². The summed E-state index contributed by atoms with van der Waals surface area (Å²) in [6.07, 6.45) is 1.85. The maximum atomic E-state index is 14.1. The molecule has 6 nitrogen and oxygen atoms in total. The molecule has 2 N–H and O–H groups in total. The minimum absolute atomic E-state index is 0. The van der Waals surface area contributed by atoms with Crippen molar-refractivity contribution in [3.63, 3.8) is 0 Å². The van der Waals surface area contributed by atoms with Crippen LogP contribution < -0.4 is 10.6 Å². The molecule has 0 aromatic heterocycles. The van der Waals surface area contributed by atoms with Gasteiger partial charge in [0.1, 0.15) is 11.4 Å². The second-order valence-electron chi connectivity index (χ2n) is 10.7. The third kappa shape index (κ3) is 7.33. The molecule has 218 valence electrons. The van der Waals surface area contributed by atoms with Gasteiger partial charge in [0.2, 0.25) is 5.91 Å². The SMILES string of the molecule is C[C@H](Cc1ccccc1)NC(=O)[C@@H](CCN1CCC2(CC1)OC(=O)Nc1ccc(F)cc12)c1ccc(Cl)c(Cl)c1.Cl. The molecule has 3 aromatic carbocycles. The van der Waals surface area contributed by atoms with E-state index >= 15 is 0 Å². The Hall–Kier alpha value is -2.84. The first-order chi connectivity index (χ1) is 19.2. The molecular formula is C31H33Cl3FN3O3. The van der Waals surface area contributed by atoms with E-state index in [4.69, 9.17) is 27.9 Å². The fraction of sp³-hybridized carbons (Fsp3) is 0.355. The lowest BCUT2D eigenvalue weighted by Crippen LogP contribution is -2.48. The van der Waals surface area contributed by atoms with E-state index in [1.165, 1.54) is 12.1 Å². The largest absolute Gasteiger partial charge is 0.438 e. The number of hydrogen-bond donors (Lipinski definition) is 2. The molecule has 0 radical (unpaired) electrons. The summed E-state index contributed by atoms with van der Waals surface area (Å²) in [7, 11) is 0. The fourth-order valence-corrected chi connectivity index (χ4v) is 6.04. The molecule has 1 spiro atoms. The quantitative estimate of drug-likeness (QED) is 0.277. The molecule has 10 heteroatoms. The standard InChI is InChI=1S/C31H32Cl2FN3O3.ClH/c1-20(17-21-5-3-2-4-6-21)35-29(38)24(22-7-9-26(32)27(33)18-22)11-14-37-15-12-31(13-16-37)25-19-23(34)8-10-28(25)36-30(39)40-31;/h2-10,18-20,24H,11-17H2,1H3,(H,35,38)(H,36,39);1H/t20-,24+;/m1./s1. The van der Waals surface area contributed by atoms with Crippen molar-refractivity contribution in [2.75, 3.05) is 25.0 Å². The Morgan fingerprint density at radius 1 is 1.07 bits per heavy atom. The zero-order valence-electron chi connectivity index (χ0n) is 22.7. The summed E-state index contributed by atoms with van der Waals surface area (Å²) in [5.74, 6) is -0.848. The van der Waals surface area contributed by atoms with E-state index in [2.05, 4.69) is 27.7 Å². The molecule has 0 aliphatic carbocycles. The third-order valence-electron chi connectivity index (χ3n) is 7.83. The normalized spacial score (nSPS) is 17.4. The first-order valence-electron chi connectivity index (χ1n) is 13.5. The number of nitrogens with zero attached hydrogens (tertiary/aromatic N) is 1. The minimum Gasteiger partial charge on any atom is -0.438 e. The smallest absolute Gasteiger partial charge is 0.412 e. The van der Waals surface area contributed by atoms with Crippen molar-refractivity contribution < 1.29 is 18.7 Å². The molecule has 0 bridgehead atoms. The van der Waals surface area contributed by atoms with E-state index in [9.17, 15) is 14.0 Å². The second-order valence-corrected chi connectivity index (χ2v) is 11.5. The van der Waals surface area contributed by atoms with Crippen molar-refractivity contribution in [1.29, 1.82) is 0 Å². The maximum absolute atomic E-state index is 14.1. The summed E-state index contributed by atoms with van der Waals surface area (Å²) in [6.45, 7) is 3.94. The van der Waals surface area contributed by atoms with Gasteiger partial charge in [-0.3, -0.25) is 10.1 Å². The van der Waals surface area contributed by atoms with Crippen LogP contribution in [0.15, 0.2) is 66.7 Å². The van der Waals surface area contributed by atoms with Gasteiger partial charge in [-0.05, 0) is 67.8 Å². The Balaban J connectivity index is 0.00000387. The van der Waals surface area contributed by atoms with E-state index in [1.807, 2.05) is 31.2 Å². The number of carbonyl (C=O) groups is 2. The van der Waals surface area contributed by atoms with Gasteiger partial charge in [-0.15, -0.1) is 12.4 Å². The molecule has 1 saturated heterocycles. The average Bonchev–Trinajstić information content (AvgIpc) is 2.93. The van der Waals surface area contributed by atoms with Gasteiger partial charge in [-0.2, -0.15) is 0 Å². The number of benzene rings is 3. The van der Waals surface area contributed by atoms with E-state index in [1.54, 1.807) is 18.2 Å². The molecule has 0 unspecified atom stereocenters. The van der Waals surface area contributed by atoms with Crippen LogP contribution >= 0.6 is 35.6 Å². The number of ether oxygens (including phenoxy) is 1. The van der Waals surface area contributed by atoms with Crippen LogP contribution in [0.5, 0.6) is 0 Å². The number of amides is 2. The van der Waals surface area contributed by atoms with Crippen molar-refractivity contribution in [1.82, 2.24) is 10.2 Å². The Morgan fingerprint density at radius 2 is 1.80 bits per heavy atom. The predicted molar refractivity (Wildman–Crippen MR) is 163 cm³/mol. The summed E-state index contributed by atoms with van der Waals surface area (Å²) in [5, 5.41) is 6.71. The summed E-state index contributed by atoms with van der Waals surface area (Å²) >= 11 is 12.5. The fourth-order valence-electron chi connectivity index (χ4n) is 5.73. The van der Waals surface area contributed by atoms with Gasteiger partial charge in [0.05, 0.1) is 21.7 Å². The highest BCUT2D eigenvalue weighted by Crippen LogP contribution is 2.44. The van der Waals surface area contributed by atoms with Crippen molar-refractivity contribution in [3.05, 3.63) is 99.3 Å². The maximum Gasteiger partial charge on any atom is 0.412 e. The number of rotatable bonds is 8. The Bertz CT molecular complexity index is 1380. The highest BCUT2D eigenvalue weighted by molar-refractivity contribution is 6.42. The molecule has 1 fully saturated rings. The zero-order valence-corrected chi connectivity index (χ0v) is 25.0. The van der Waals surface area contributed by atoms with E-state index in [0.717, 1.165) is 17.5 Å². The van der Waals surface area contributed by atoms with Crippen molar-refractivity contribution in [2.24, 2.45) is 0 Å². The first-order valence-corrected chi connectivity index (χ1v) is 14.3. The molecule has 0 saturated carbocycles. The number of hydrogen-bond acceptors (Lipinski definition) is 4. The predicted octanol–water partition coefficient (Wildman–Crippen LogP) is 7.33. The number of anilines is 1. The Kier molecular flexibility index (Phi) is 10.2. The monoisotopic (exact) mass is 619 g/mol. The van der Waals surface area contributed by atoms with E-state index < -0.39 is 17.6 Å². The molecule has 3 aromatic rings. The van der Waals surface area contributed by atoms with Crippen molar-refractivity contribution >= 4 is 53.3 Å². The molecule has 2 amide bonds. The molecule has 41 heavy (non-hydrogen) atoms. The minimum atomic E-state index is -0.858.